The zero-order valence-corrected chi connectivity index (χ0v) is 14.3. The Morgan fingerprint density at radius 2 is 1.69 bits per heavy atom. The third-order valence-corrected chi connectivity index (χ3v) is 4.01. The number of phenolic OH excluding ortho intramolecular Hbond substituents is 1. The van der Waals surface area contributed by atoms with Gasteiger partial charge in [0.05, 0.1) is 12.0 Å². The van der Waals surface area contributed by atoms with Crippen molar-refractivity contribution >= 4 is 22.3 Å². The van der Waals surface area contributed by atoms with E-state index in [1.807, 2.05) is 30.3 Å². The fourth-order valence-corrected chi connectivity index (χ4v) is 2.67. The van der Waals surface area contributed by atoms with Crippen molar-refractivity contribution in [1.82, 2.24) is 0 Å². The number of rotatable bonds is 7. The maximum atomic E-state index is 12.4. The number of ether oxygens (including phenoxy) is 2. The van der Waals surface area contributed by atoms with E-state index in [0.717, 1.165) is 10.8 Å². The van der Waals surface area contributed by atoms with Crippen molar-refractivity contribution in [1.29, 1.82) is 0 Å². The van der Waals surface area contributed by atoms with Gasteiger partial charge in [-0.15, -0.1) is 0 Å². The van der Waals surface area contributed by atoms with Gasteiger partial charge in [-0.05, 0) is 29.0 Å². The molecular formula is C21H18O5. The maximum absolute atomic E-state index is 12.4. The van der Waals surface area contributed by atoms with E-state index in [9.17, 15) is 14.7 Å². The number of phenols is 1. The molecule has 132 valence electrons. The lowest BCUT2D eigenvalue weighted by molar-refractivity contribution is 0.0510. The molecule has 0 bridgehead atoms. The van der Waals surface area contributed by atoms with Crippen molar-refractivity contribution in [2.45, 2.75) is 6.42 Å². The number of Topliss-reactive ketones (excluding diaryl/α,β-unsaturated/α-hetero) is 2. The molecule has 0 aromatic heterocycles. The first-order valence-corrected chi connectivity index (χ1v) is 8.08. The van der Waals surface area contributed by atoms with Crippen LogP contribution in [-0.2, 0) is 4.74 Å². The van der Waals surface area contributed by atoms with E-state index in [2.05, 4.69) is 0 Å². The molecule has 0 aliphatic heterocycles. The van der Waals surface area contributed by atoms with E-state index >= 15 is 0 Å². The van der Waals surface area contributed by atoms with Gasteiger partial charge in [0.15, 0.2) is 18.4 Å². The van der Waals surface area contributed by atoms with E-state index in [4.69, 9.17) is 9.47 Å². The summed E-state index contributed by atoms with van der Waals surface area (Å²) < 4.78 is 9.98. The van der Waals surface area contributed by atoms with Gasteiger partial charge in [0.1, 0.15) is 11.5 Å². The third kappa shape index (κ3) is 3.90. The predicted octanol–water partition coefficient (Wildman–Crippen LogP) is 3.98. The van der Waals surface area contributed by atoms with Crippen molar-refractivity contribution in [3.05, 3.63) is 71.8 Å². The monoisotopic (exact) mass is 350 g/mol. The molecule has 0 saturated heterocycles. The van der Waals surface area contributed by atoms with Gasteiger partial charge in [-0.25, -0.2) is 0 Å². The highest BCUT2D eigenvalue weighted by atomic mass is 16.7. The largest absolute Gasteiger partial charge is 0.507 e. The zero-order valence-electron chi connectivity index (χ0n) is 14.3. The molecule has 3 aromatic rings. The van der Waals surface area contributed by atoms with Gasteiger partial charge < -0.3 is 14.6 Å². The SMILES string of the molecule is COCOc1ccc(C(=O)CC(=O)c2ccc3ccccc3c2)c(O)c1. The van der Waals surface area contributed by atoms with E-state index in [0.29, 0.717) is 11.3 Å². The minimum absolute atomic E-state index is 0.0349. The molecule has 0 aliphatic rings. The number of methoxy groups -OCH3 is 1. The summed E-state index contributed by atoms with van der Waals surface area (Å²) >= 11 is 0. The Morgan fingerprint density at radius 1 is 0.923 bits per heavy atom. The highest BCUT2D eigenvalue weighted by molar-refractivity contribution is 6.15. The summed E-state index contributed by atoms with van der Waals surface area (Å²) in [6.07, 6.45) is -0.315. The maximum Gasteiger partial charge on any atom is 0.188 e. The molecule has 0 heterocycles. The van der Waals surface area contributed by atoms with Crippen LogP contribution in [0.3, 0.4) is 0 Å². The number of benzene rings is 3. The van der Waals surface area contributed by atoms with Gasteiger partial charge in [-0.3, -0.25) is 9.59 Å². The van der Waals surface area contributed by atoms with Crippen molar-refractivity contribution in [2.24, 2.45) is 0 Å². The summed E-state index contributed by atoms with van der Waals surface area (Å²) in [4.78, 5) is 24.8. The quantitative estimate of drug-likeness (QED) is 0.396. The predicted molar refractivity (Wildman–Crippen MR) is 97.8 cm³/mol. The van der Waals surface area contributed by atoms with E-state index in [1.54, 1.807) is 18.2 Å². The highest BCUT2D eigenvalue weighted by Gasteiger charge is 2.17. The lowest BCUT2D eigenvalue weighted by Crippen LogP contribution is -2.09. The molecule has 0 amide bonds. The fraction of sp³-hybridized carbons (Fsp3) is 0.143. The topological polar surface area (TPSA) is 72.8 Å². The summed E-state index contributed by atoms with van der Waals surface area (Å²) in [5.41, 5.74) is 0.556. The molecule has 0 saturated carbocycles. The number of hydrogen-bond donors (Lipinski definition) is 1. The lowest BCUT2D eigenvalue weighted by atomic mass is 9.99. The first-order valence-electron chi connectivity index (χ1n) is 8.08. The number of carbonyl (C=O) groups is 2. The summed E-state index contributed by atoms with van der Waals surface area (Å²) in [6, 6.07) is 17.3. The molecular weight excluding hydrogens is 332 g/mol. The minimum atomic E-state index is -0.445. The van der Waals surface area contributed by atoms with E-state index < -0.39 is 5.78 Å². The molecule has 0 unspecified atom stereocenters. The first kappa shape index (κ1) is 17.6. The van der Waals surface area contributed by atoms with Gasteiger partial charge in [-0.2, -0.15) is 0 Å². The van der Waals surface area contributed by atoms with Crippen LogP contribution in [0, 0.1) is 0 Å². The smallest absolute Gasteiger partial charge is 0.188 e. The van der Waals surface area contributed by atoms with Crippen LogP contribution in [0.25, 0.3) is 10.8 Å². The van der Waals surface area contributed by atoms with Crippen LogP contribution < -0.4 is 4.74 Å². The minimum Gasteiger partial charge on any atom is -0.507 e. The average Bonchev–Trinajstić information content (AvgIpc) is 2.65. The lowest BCUT2D eigenvalue weighted by Gasteiger charge is -2.08. The average molecular weight is 350 g/mol. The molecule has 0 spiro atoms. The second kappa shape index (κ2) is 7.80. The summed E-state index contributed by atoms with van der Waals surface area (Å²) in [6.45, 7) is 0.0349. The highest BCUT2D eigenvalue weighted by Crippen LogP contribution is 2.25. The Morgan fingerprint density at radius 3 is 2.42 bits per heavy atom. The van der Waals surface area contributed by atoms with Crippen molar-refractivity contribution in [3.8, 4) is 11.5 Å². The Labute approximate surface area is 150 Å². The number of aromatic hydroxyl groups is 1. The molecule has 0 fully saturated rings. The molecule has 26 heavy (non-hydrogen) atoms. The van der Waals surface area contributed by atoms with Gasteiger partial charge in [0.2, 0.25) is 0 Å². The zero-order chi connectivity index (χ0) is 18.5. The van der Waals surface area contributed by atoms with E-state index in [1.165, 1.54) is 19.2 Å². The molecule has 5 heteroatoms. The van der Waals surface area contributed by atoms with Crippen LogP contribution in [-0.4, -0.2) is 30.6 Å². The van der Waals surface area contributed by atoms with Gasteiger partial charge in [0, 0.05) is 18.7 Å². The van der Waals surface area contributed by atoms with Crippen molar-refractivity contribution in [3.63, 3.8) is 0 Å². The van der Waals surface area contributed by atoms with Crippen LogP contribution in [0.15, 0.2) is 60.7 Å². The molecule has 0 aliphatic carbocycles. The van der Waals surface area contributed by atoms with Gasteiger partial charge in [0.25, 0.3) is 0 Å². The van der Waals surface area contributed by atoms with Crippen LogP contribution in [0.2, 0.25) is 0 Å². The Hall–Kier alpha value is -3.18. The number of carbonyl (C=O) groups excluding carboxylic acids is 2. The van der Waals surface area contributed by atoms with Crippen LogP contribution >= 0.6 is 0 Å². The molecule has 0 radical (unpaired) electrons. The molecule has 1 N–H and O–H groups in total. The van der Waals surface area contributed by atoms with Crippen LogP contribution in [0.5, 0.6) is 11.5 Å². The normalized spacial score (nSPS) is 10.7. The molecule has 5 nitrogen and oxygen atoms in total. The van der Waals surface area contributed by atoms with Gasteiger partial charge >= 0.3 is 0 Å². The molecule has 3 aromatic carbocycles. The third-order valence-electron chi connectivity index (χ3n) is 4.01. The number of fused-ring (bicyclic) bond motifs is 1. The van der Waals surface area contributed by atoms with Crippen molar-refractivity contribution in [2.75, 3.05) is 13.9 Å². The van der Waals surface area contributed by atoms with Gasteiger partial charge in [-0.1, -0.05) is 36.4 Å². The Bertz CT molecular complexity index is 962. The second-order valence-electron chi connectivity index (χ2n) is 5.81. The first-order chi connectivity index (χ1) is 12.6. The summed E-state index contributed by atoms with van der Waals surface area (Å²) in [5.74, 6) is -0.588. The fourth-order valence-electron chi connectivity index (χ4n) is 2.67. The standard InChI is InChI=1S/C21H18O5/c1-25-13-26-17-8-9-18(20(23)11-17)21(24)12-19(22)16-7-6-14-4-2-3-5-15(14)10-16/h2-11,23H,12-13H2,1H3. The molecule has 0 atom stereocenters. The van der Waals surface area contributed by atoms with Crippen LogP contribution in [0.4, 0.5) is 0 Å². The van der Waals surface area contributed by atoms with Crippen molar-refractivity contribution < 1.29 is 24.2 Å². The second-order valence-corrected chi connectivity index (χ2v) is 5.81. The Kier molecular flexibility index (Phi) is 5.29. The van der Waals surface area contributed by atoms with E-state index in [-0.39, 0.29) is 30.3 Å². The molecule has 3 rings (SSSR count). The summed E-state index contributed by atoms with van der Waals surface area (Å²) in [7, 11) is 1.48. The Balaban J connectivity index is 1.75. The van der Waals surface area contributed by atoms with Crippen LogP contribution in [0.1, 0.15) is 27.1 Å². The summed E-state index contributed by atoms with van der Waals surface area (Å²) in [5, 5.41) is 12.0. The number of ketones is 2. The number of hydrogen-bond acceptors (Lipinski definition) is 5.